The van der Waals surface area contributed by atoms with E-state index >= 15 is 0 Å². The fraction of sp³-hybridized carbons (Fsp3) is 0.318. The first-order chi connectivity index (χ1) is 15.7. The first-order valence-corrected chi connectivity index (χ1v) is 12.1. The second-order valence-electron chi connectivity index (χ2n) is 8.00. The number of amides is 1. The highest BCUT2D eigenvalue weighted by molar-refractivity contribution is 7.99. The number of halogens is 3. The molecule has 172 valence electrons. The van der Waals surface area contributed by atoms with Crippen LogP contribution >= 0.6 is 23.1 Å². The molecule has 2 aliphatic rings. The van der Waals surface area contributed by atoms with Crippen LogP contribution < -0.4 is 10.6 Å². The number of thiophene rings is 1. The van der Waals surface area contributed by atoms with Crippen molar-refractivity contribution in [3.8, 4) is 10.6 Å². The molecule has 0 unspecified atom stereocenters. The average Bonchev–Trinajstić information content (AvgIpc) is 3.36. The summed E-state index contributed by atoms with van der Waals surface area (Å²) in [5, 5.41) is 6.37. The third kappa shape index (κ3) is 4.20. The Balaban J connectivity index is 1.56. The van der Waals surface area contributed by atoms with Crippen molar-refractivity contribution in [3.05, 3.63) is 51.5 Å². The summed E-state index contributed by atoms with van der Waals surface area (Å²) in [7, 11) is 1.69. The van der Waals surface area contributed by atoms with Crippen LogP contribution in [-0.4, -0.2) is 40.1 Å². The monoisotopic (exact) mass is 491 g/mol. The molecule has 2 aliphatic heterocycles. The molecule has 0 fully saturated rings. The summed E-state index contributed by atoms with van der Waals surface area (Å²) in [6.07, 6.45) is -3.82. The third-order valence-electron chi connectivity index (χ3n) is 5.67. The van der Waals surface area contributed by atoms with Gasteiger partial charge in [0.25, 0.3) is 5.91 Å². The van der Waals surface area contributed by atoms with Crippen LogP contribution in [0, 0.1) is 6.92 Å². The topological polar surface area (TPSA) is 70.2 Å². The number of fused-ring (bicyclic) bond motifs is 2. The Kier molecular flexibility index (Phi) is 5.58. The lowest BCUT2D eigenvalue weighted by atomic mass is 10.1. The van der Waals surface area contributed by atoms with Crippen molar-refractivity contribution in [2.75, 3.05) is 24.7 Å². The van der Waals surface area contributed by atoms with Crippen molar-refractivity contribution in [2.45, 2.75) is 31.1 Å². The molecule has 2 aromatic heterocycles. The van der Waals surface area contributed by atoms with Crippen molar-refractivity contribution in [1.82, 2.24) is 20.2 Å². The molecule has 0 atom stereocenters. The third-order valence-corrected chi connectivity index (χ3v) is 7.95. The summed E-state index contributed by atoms with van der Waals surface area (Å²) < 4.78 is 41.4. The SMILES string of the molecule is Cc1cc2c(cc1Nc1ncc(C(F)(F)F)c(-c3cc4c(s3)C(=O)N(C)CCS4)n1)CNC2. The number of rotatable bonds is 3. The Morgan fingerprint density at radius 3 is 2.70 bits per heavy atom. The molecule has 6 nitrogen and oxygen atoms in total. The van der Waals surface area contributed by atoms with Crippen LogP contribution in [0.5, 0.6) is 0 Å². The Morgan fingerprint density at radius 2 is 1.94 bits per heavy atom. The normalized spacial score (nSPS) is 15.9. The Bertz CT molecular complexity index is 1260. The zero-order chi connectivity index (χ0) is 23.3. The molecule has 1 amide bonds. The van der Waals surface area contributed by atoms with E-state index in [9.17, 15) is 18.0 Å². The van der Waals surface area contributed by atoms with Gasteiger partial charge in [0.2, 0.25) is 5.95 Å². The zero-order valence-corrected chi connectivity index (χ0v) is 19.5. The molecule has 2 N–H and O–H groups in total. The zero-order valence-electron chi connectivity index (χ0n) is 17.8. The first-order valence-electron chi connectivity index (χ1n) is 10.3. The van der Waals surface area contributed by atoms with Crippen LogP contribution in [0.4, 0.5) is 24.8 Å². The molecule has 0 saturated heterocycles. The van der Waals surface area contributed by atoms with Gasteiger partial charge in [-0.05, 0) is 35.7 Å². The van der Waals surface area contributed by atoms with Gasteiger partial charge in [-0.2, -0.15) is 13.2 Å². The smallest absolute Gasteiger partial charge is 0.340 e. The van der Waals surface area contributed by atoms with E-state index in [4.69, 9.17) is 0 Å². The Morgan fingerprint density at radius 1 is 1.18 bits per heavy atom. The van der Waals surface area contributed by atoms with Crippen LogP contribution in [0.1, 0.15) is 31.9 Å². The van der Waals surface area contributed by atoms with Crippen molar-refractivity contribution in [2.24, 2.45) is 0 Å². The number of aryl methyl sites for hydroxylation is 1. The van der Waals surface area contributed by atoms with Crippen molar-refractivity contribution in [1.29, 1.82) is 0 Å². The van der Waals surface area contributed by atoms with Crippen LogP contribution in [0.25, 0.3) is 10.6 Å². The maximum absolute atomic E-state index is 13.8. The number of thioether (sulfide) groups is 1. The molecule has 5 rings (SSSR count). The molecular weight excluding hydrogens is 471 g/mol. The van der Waals surface area contributed by atoms with E-state index in [1.54, 1.807) is 18.0 Å². The van der Waals surface area contributed by atoms with Crippen LogP contribution in [0.15, 0.2) is 29.3 Å². The van der Waals surface area contributed by atoms with E-state index < -0.39 is 11.7 Å². The number of hydrogen-bond donors (Lipinski definition) is 2. The molecule has 33 heavy (non-hydrogen) atoms. The van der Waals surface area contributed by atoms with Gasteiger partial charge in [0.15, 0.2) is 0 Å². The molecule has 3 aromatic rings. The van der Waals surface area contributed by atoms with Gasteiger partial charge >= 0.3 is 6.18 Å². The van der Waals surface area contributed by atoms with Crippen molar-refractivity contribution < 1.29 is 18.0 Å². The summed E-state index contributed by atoms with van der Waals surface area (Å²) in [5.74, 6) is 0.571. The highest BCUT2D eigenvalue weighted by Crippen LogP contribution is 2.43. The second-order valence-corrected chi connectivity index (χ2v) is 10.2. The molecule has 4 heterocycles. The van der Waals surface area contributed by atoms with Crippen molar-refractivity contribution >= 4 is 40.6 Å². The van der Waals surface area contributed by atoms with Gasteiger partial charge < -0.3 is 15.5 Å². The van der Waals surface area contributed by atoms with Crippen LogP contribution in [0.2, 0.25) is 0 Å². The molecule has 0 saturated carbocycles. The molecule has 1 aromatic carbocycles. The summed E-state index contributed by atoms with van der Waals surface area (Å²) in [6, 6.07) is 5.66. The van der Waals surface area contributed by atoms with Crippen LogP contribution in [0.3, 0.4) is 0 Å². The van der Waals surface area contributed by atoms with Gasteiger partial charge in [0.1, 0.15) is 10.4 Å². The van der Waals surface area contributed by atoms with Crippen molar-refractivity contribution in [3.63, 3.8) is 0 Å². The van der Waals surface area contributed by atoms with Crippen LogP contribution in [-0.2, 0) is 19.3 Å². The fourth-order valence-corrected chi connectivity index (χ4v) is 6.31. The van der Waals surface area contributed by atoms with Gasteiger partial charge in [-0.1, -0.05) is 6.07 Å². The number of hydrogen-bond acceptors (Lipinski definition) is 7. The number of benzene rings is 1. The largest absolute Gasteiger partial charge is 0.420 e. The minimum atomic E-state index is -4.63. The second kappa shape index (κ2) is 8.30. The molecule has 0 aliphatic carbocycles. The van der Waals surface area contributed by atoms with E-state index in [-0.39, 0.29) is 17.5 Å². The van der Waals surface area contributed by atoms with E-state index in [2.05, 4.69) is 26.7 Å². The average molecular weight is 492 g/mol. The minimum Gasteiger partial charge on any atom is -0.340 e. The summed E-state index contributed by atoms with van der Waals surface area (Å²) in [5.41, 5.74) is 2.89. The highest BCUT2D eigenvalue weighted by Gasteiger charge is 2.37. The first kappa shape index (κ1) is 22.2. The summed E-state index contributed by atoms with van der Waals surface area (Å²) >= 11 is 2.51. The lowest BCUT2D eigenvalue weighted by Crippen LogP contribution is -2.26. The summed E-state index contributed by atoms with van der Waals surface area (Å²) in [4.78, 5) is 23.9. The molecule has 0 radical (unpaired) electrons. The highest BCUT2D eigenvalue weighted by atomic mass is 32.2. The number of nitrogens with zero attached hydrogens (tertiary/aromatic N) is 3. The molecule has 0 spiro atoms. The van der Waals surface area contributed by atoms with Gasteiger partial charge in [-0.25, -0.2) is 9.97 Å². The quantitative estimate of drug-likeness (QED) is 0.534. The van der Waals surface area contributed by atoms with Gasteiger partial charge in [-0.15, -0.1) is 23.1 Å². The number of nitrogens with one attached hydrogen (secondary N) is 2. The van der Waals surface area contributed by atoms with E-state index in [1.807, 2.05) is 13.0 Å². The predicted octanol–water partition coefficient (Wildman–Crippen LogP) is 5.06. The predicted molar refractivity (Wildman–Crippen MR) is 123 cm³/mol. The maximum atomic E-state index is 13.8. The minimum absolute atomic E-state index is 0.0756. The van der Waals surface area contributed by atoms with E-state index in [0.29, 0.717) is 26.9 Å². The van der Waals surface area contributed by atoms with E-state index in [0.717, 1.165) is 47.4 Å². The number of anilines is 2. The van der Waals surface area contributed by atoms with Gasteiger partial charge in [0.05, 0.1) is 10.6 Å². The number of carbonyl (C=O) groups is 1. The van der Waals surface area contributed by atoms with Gasteiger partial charge in [-0.3, -0.25) is 4.79 Å². The maximum Gasteiger partial charge on any atom is 0.420 e. The number of aromatic nitrogens is 2. The number of carbonyl (C=O) groups excluding carboxylic acids is 1. The lowest BCUT2D eigenvalue weighted by molar-refractivity contribution is -0.137. The summed E-state index contributed by atoms with van der Waals surface area (Å²) in [6.45, 7) is 4.06. The lowest BCUT2D eigenvalue weighted by Gasteiger charge is -2.15. The number of alkyl halides is 3. The molecular formula is C22H20F3N5OS2. The Hall–Kier alpha value is -2.63. The van der Waals surface area contributed by atoms with E-state index in [1.165, 1.54) is 17.3 Å². The molecule has 11 heteroatoms. The standard InChI is InChI=1S/C22H20F3N5OS2/c1-11-5-12-8-26-9-13(12)6-15(11)28-21-27-10-14(22(23,24)25)18(29-21)16-7-17-19(33-16)20(31)30(2)3-4-32-17/h5-7,10,26H,3-4,8-9H2,1-2H3,(H,27,28,29). The van der Waals surface area contributed by atoms with Gasteiger partial charge in [0, 0.05) is 49.2 Å². The molecule has 0 bridgehead atoms. The Labute approximate surface area is 196 Å². The fourth-order valence-electron chi connectivity index (χ4n) is 3.88.